The normalized spacial score (nSPS) is 10.9. The maximum atomic E-state index is 3.45. The minimum atomic E-state index is 0.614. The van der Waals surface area contributed by atoms with Crippen molar-refractivity contribution >= 4 is 0 Å². The molecule has 0 fully saturated rings. The van der Waals surface area contributed by atoms with Gasteiger partial charge in [-0.15, -0.1) is 0 Å². The molecule has 0 saturated heterocycles. The molecule has 0 aromatic heterocycles. The molecular formula is C14H23N. The second kappa shape index (κ2) is 6.62. The van der Waals surface area contributed by atoms with Gasteiger partial charge in [0.05, 0.1) is 0 Å². The average Bonchev–Trinajstić information content (AvgIpc) is 2.20. The summed E-state index contributed by atoms with van der Waals surface area (Å²) in [6, 6.07) is 9.30. The summed E-state index contributed by atoms with van der Waals surface area (Å²) < 4.78 is 0. The van der Waals surface area contributed by atoms with Crippen LogP contribution in [0.2, 0.25) is 0 Å². The van der Waals surface area contributed by atoms with Crippen LogP contribution in [0.5, 0.6) is 0 Å². The molecule has 0 aliphatic heterocycles. The van der Waals surface area contributed by atoms with E-state index in [0.717, 1.165) is 6.54 Å². The minimum absolute atomic E-state index is 0.614. The molecule has 1 heteroatoms. The molecule has 0 radical (unpaired) electrons. The van der Waals surface area contributed by atoms with Gasteiger partial charge in [-0.25, -0.2) is 0 Å². The third kappa shape index (κ3) is 4.98. The summed E-state index contributed by atoms with van der Waals surface area (Å²) in [4.78, 5) is 0. The largest absolute Gasteiger partial charge is 0.315 e. The molecule has 0 amide bonds. The van der Waals surface area contributed by atoms with Crippen LogP contribution in [-0.2, 0) is 6.42 Å². The van der Waals surface area contributed by atoms with Gasteiger partial charge in [-0.05, 0) is 43.9 Å². The summed E-state index contributed by atoms with van der Waals surface area (Å²) in [7, 11) is 0. The SMILES string of the molecule is Cc1ccccc1CCCCNC(C)C. The molecule has 1 aromatic carbocycles. The zero-order chi connectivity index (χ0) is 11.1. The predicted octanol–water partition coefficient (Wildman–Crippen LogP) is 3.32. The zero-order valence-electron chi connectivity index (χ0n) is 10.2. The van der Waals surface area contributed by atoms with Crippen LogP contribution < -0.4 is 5.32 Å². The highest BCUT2D eigenvalue weighted by Gasteiger charge is 1.97. The molecule has 1 aromatic rings. The van der Waals surface area contributed by atoms with Crippen LogP contribution in [0.3, 0.4) is 0 Å². The Morgan fingerprint density at radius 1 is 1.13 bits per heavy atom. The van der Waals surface area contributed by atoms with Crippen molar-refractivity contribution in [2.75, 3.05) is 6.54 Å². The fraction of sp³-hybridized carbons (Fsp3) is 0.571. The van der Waals surface area contributed by atoms with E-state index in [-0.39, 0.29) is 0 Å². The molecule has 1 N–H and O–H groups in total. The average molecular weight is 205 g/mol. The van der Waals surface area contributed by atoms with Crippen LogP contribution in [0.25, 0.3) is 0 Å². The molecule has 0 heterocycles. The fourth-order valence-electron chi connectivity index (χ4n) is 1.72. The summed E-state index contributed by atoms with van der Waals surface area (Å²) in [6.07, 6.45) is 3.77. The Kier molecular flexibility index (Phi) is 5.41. The highest BCUT2D eigenvalue weighted by atomic mass is 14.9. The van der Waals surface area contributed by atoms with Gasteiger partial charge < -0.3 is 5.32 Å². The van der Waals surface area contributed by atoms with Crippen molar-refractivity contribution in [3.05, 3.63) is 35.4 Å². The summed E-state index contributed by atoms with van der Waals surface area (Å²) in [5, 5.41) is 3.45. The van der Waals surface area contributed by atoms with E-state index in [2.05, 4.69) is 50.4 Å². The predicted molar refractivity (Wildman–Crippen MR) is 67.3 cm³/mol. The van der Waals surface area contributed by atoms with Crippen molar-refractivity contribution in [2.24, 2.45) is 0 Å². The lowest BCUT2D eigenvalue weighted by molar-refractivity contribution is 0.557. The van der Waals surface area contributed by atoms with Gasteiger partial charge in [0, 0.05) is 6.04 Å². The monoisotopic (exact) mass is 205 g/mol. The zero-order valence-corrected chi connectivity index (χ0v) is 10.2. The van der Waals surface area contributed by atoms with Gasteiger partial charge in [0.25, 0.3) is 0 Å². The Labute approximate surface area is 93.9 Å². The molecule has 0 bridgehead atoms. The standard InChI is InChI=1S/C14H23N/c1-12(2)15-11-7-6-10-14-9-5-4-8-13(14)3/h4-5,8-9,12,15H,6-7,10-11H2,1-3H3. The number of unbranched alkanes of at least 4 members (excludes halogenated alkanes) is 1. The lowest BCUT2D eigenvalue weighted by atomic mass is 10.0. The van der Waals surface area contributed by atoms with E-state index in [1.165, 1.54) is 30.4 Å². The maximum absolute atomic E-state index is 3.45. The van der Waals surface area contributed by atoms with Crippen LogP contribution >= 0.6 is 0 Å². The third-order valence-electron chi connectivity index (χ3n) is 2.69. The van der Waals surface area contributed by atoms with E-state index in [0.29, 0.717) is 6.04 Å². The van der Waals surface area contributed by atoms with E-state index in [9.17, 15) is 0 Å². The molecule has 1 rings (SSSR count). The second-order valence-corrected chi connectivity index (χ2v) is 4.49. The number of rotatable bonds is 6. The summed E-state index contributed by atoms with van der Waals surface area (Å²) >= 11 is 0. The van der Waals surface area contributed by atoms with Gasteiger partial charge in [-0.2, -0.15) is 0 Å². The van der Waals surface area contributed by atoms with Crippen molar-refractivity contribution in [3.63, 3.8) is 0 Å². The van der Waals surface area contributed by atoms with Crippen molar-refractivity contribution in [1.82, 2.24) is 5.32 Å². The first-order valence-corrected chi connectivity index (χ1v) is 5.98. The Balaban J connectivity index is 2.18. The van der Waals surface area contributed by atoms with Crippen LogP contribution in [-0.4, -0.2) is 12.6 Å². The molecule has 0 aliphatic carbocycles. The number of benzene rings is 1. The number of nitrogens with one attached hydrogen (secondary N) is 1. The van der Waals surface area contributed by atoms with Crippen LogP contribution in [0.1, 0.15) is 37.8 Å². The quantitative estimate of drug-likeness (QED) is 0.703. The van der Waals surface area contributed by atoms with Crippen LogP contribution in [0.4, 0.5) is 0 Å². The highest BCUT2D eigenvalue weighted by Crippen LogP contribution is 2.10. The smallest absolute Gasteiger partial charge is 0.00103 e. The molecule has 0 saturated carbocycles. The number of hydrogen-bond acceptors (Lipinski definition) is 1. The lowest BCUT2D eigenvalue weighted by Crippen LogP contribution is -2.23. The lowest BCUT2D eigenvalue weighted by Gasteiger charge is -2.08. The first kappa shape index (κ1) is 12.3. The first-order chi connectivity index (χ1) is 7.20. The third-order valence-corrected chi connectivity index (χ3v) is 2.69. The number of aryl methyl sites for hydroxylation is 2. The fourth-order valence-corrected chi connectivity index (χ4v) is 1.72. The van der Waals surface area contributed by atoms with Crippen molar-refractivity contribution < 1.29 is 0 Å². The first-order valence-electron chi connectivity index (χ1n) is 5.98. The maximum Gasteiger partial charge on any atom is 0.00103 e. The molecule has 0 unspecified atom stereocenters. The van der Waals surface area contributed by atoms with E-state index >= 15 is 0 Å². The molecule has 0 atom stereocenters. The van der Waals surface area contributed by atoms with Crippen LogP contribution in [0.15, 0.2) is 24.3 Å². The van der Waals surface area contributed by atoms with Gasteiger partial charge in [0.1, 0.15) is 0 Å². The molecular weight excluding hydrogens is 182 g/mol. The Morgan fingerprint density at radius 2 is 1.87 bits per heavy atom. The van der Waals surface area contributed by atoms with Gasteiger partial charge in [0.2, 0.25) is 0 Å². The molecule has 15 heavy (non-hydrogen) atoms. The highest BCUT2D eigenvalue weighted by molar-refractivity contribution is 5.25. The van der Waals surface area contributed by atoms with Gasteiger partial charge in [0.15, 0.2) is 0 Å². The molecule has 0 spiro atoms. The summed E-state index contributed by atoms with van der Waals surface area (Å²) in [6.45, 7) is 7.73. The topological polar surface area (TPSA) is 12.0 Å². The molecule has 0 aliphatic rings. The minimum Gasteiger partial charge on any atom is -0.315 e. The van der Waals surface area contributed by atoms with E-state index in [1.54, 1.807) is 0 Å². The Morgan fingerprint density at radius 3 is 2.53 bits per heavy atom. The Bertz CT molecular complexity index is 278. The van der Waals surface area contributed by atoms with Gasteiger partial charge in [-0.3, -0.25) is 0 Å². The van der Waals surface area contributed by atoms with Crippen molar-refractivity contribution in [3.8, 4) is 0 Å². The molecule has 84 valence electrons. The van der Waals surface area contributed by atoms with E-state index < -0.39 is 0 Å². The summed E-state index contributed by atoms with van der Waals surface area (Å²) in [5.41, 5.74) is 2.93. The summed E-state index contributed by atoms with van der Waals surface area (Å²) in [5.74, 6) is 0. The van der Waals surface area contributed by atoms with E-state index in [4.69, 9.17) is 0 Å². The second-order valence-electron chi connectivity index (χ2n) is 4.49. The van der Waals surface area contributed by atoms with Gasteiger partial charge >= 0.3 is 0 Å². The van der Waals surface area contributed by atoms with Gasteiger partial charge in [-0.1, -0.05) is 38.1 Å². The van der Waals surface area contributed by atoms with Crippen molar-refractivity contribution in [1.29, 1.82) is 0 Å². The molecule has 1 nitrogen and oxygen atoms in total. The van der Waals surface area contributed by atoms with Crippen LogP contribution in [0, 0.1) is 6.92 Å². The van der Waals surface area contributed by atoms with Crippen molar-refractivity contribution in [2.45, 2.75) is 46.1 Å². The number of hydrogen-bond donors (Lipinski definition) is 1. The van der Waals surface area contributed by atoms with E-state index in [1.807, 2.05) is 0 Å². The Hall–Kier alpha value is -0.820.